The number of aliphatic hydroxyl groups excluding tert-OH is 1. The van der Waals surface area contributed by atoms with Gasteiger partial charge in [0.1, 0.15) is 16.5 Å². The van der Waals surface area contributed by atoms with E-state index in [-0.39, 0.29) is 12.6 Å². The maximum absolute atomic E-state index is 9.55. The number of rotatable bonds is 7. The van der Waals surface area contributed by atoms with Crippen LogP contribution in [0.5, 0.6) is 0 Å². The van der Waals surface area contributed by atoms with Crippen molar-refractivity contribution in [3.63, 3.8) is 0 Å². The normalized spacial score (nSPS) is 12.5. The molecule has 0 saturated carbocycles. The van der Waals surface area contributed by atoms with Crippen LogP contribution in [0.3, 0.4) is 0 Å². The van der Waals surface area contributed by atoms with E-state index in [4.69, 9.17) is 9.97 Å². The van der Waals surface area contributed by atoms with Crippen molar-refractivity contribution in [2.45, 2.75) is 43.9 Å². The summed E-state index contributed by atoms with van der Waals surface area (Å²) in [7, 11) is 0. The van der Waals surface area contributed by atoms with Crippen molar-refractivity contribution in [2.24, 2.45) is 0 Å². The molecule has 25 heavy (non-hydrogen) atoms. The summed E-state index contributed by atoms with van der Waals surface area (Å²) in [6.45, 7) is 6.39. The molecule has 1 aromatic carbocycles. The minimum atomic E-state index is 0.00679. The fourth-order valence-corrected chi connectivity index (χ4v) is 4.42. The molecule has 0 saturated heterocycles. The number of anilines is 1. The lowest BCUT2D eigenvalue weighted by atomic mass is 10.2. The monoisotopic (exact) mass is 373 g/mol. The molecule has 0 unspecified atom stereocenters. The molecule has 0 fully saturated rings. The number of thiophene rings is 1. The number of benzene rings is 1. The molecule has 2 N–H and O–H groups in total. The van der Waals surface area contributed by atoms with Gasteiger partial charge >= 0.3 is 0 Å². The van der Waals surface area contributed by atoms with Crippen molar-refractivity contribution in [1.29, 1.82) is 0 Å². The van der Waals surface area contributed by atoms with E-state index < -0.39 is 0 Å². The van der Waals surface area contributed by atoms with Crippen molar-refractivity contribution < 1.29 is 5.11 Å². The molecule has 3 aromatic rings. The van der Waals surface area contributed by atoms with Gasteiger partial charge in [-0.15, -0.1) is 23.1 Å². The smallest absolute Gasteiger partial charge is 0.142 e. The fourth-order valence-electron chi connectivity index (χ4n) is 2.60. The molecule has 4 nitrogen and oxygen atoms in total. The zero-order valence-corrected chi connectivity index (χ0v) is 16.4. The molecule has 2 heterocycles. The minimum Gasteiger partial charge on any atom is -0.394 e. The summed E-state index contributed by atoms with van der Waals surface area (Å²) < 4.78 is 0. The van der Waals surface area contributed by atoms with Gasteiger partial charge in [0.25, 0.3) is 0 Å². The molecule has 0 spiro atoms. The Bertz CT molecular complexity index is 845. The van der Waals surface area contributed by atoms with Gasteiger partial charge in [-0.2, -0.15) is 0 Å². The van der Waals surface area contributed by atoms with Crippen molar-refractivity contribution in [2.75, 3.05) is 11.9 Å². The van der Waals surface area contributed by atoms with E-state index in [1.807, 2.05) is 18.2 Å². The van der Waals surface area contributed by atoms with Gasteiger partial charge in [0.2, 0.25) is 0 Å². The van der Waals surface area contributed by atoms with Crippen LogP contribution in [0.2, 0.25) is 0 Å². The average Bonchev–Trinajstić information content (AvgIpc) is 2.93. The molecule has 2 aromatic heterocycles. The second-order valence-corrected chi connectivity index (χ2v) is 8.24. The van der Waals surface area contributed by atoms with Crippen LogP contribution in [0, 0.1) is 13.8 Å². The van der Waals surface area contributed by atoms with Crippen molar-refractivity contribution in [3.05, 3.63) is 46.6 Å². The van der Waals surface area contributed by atoms with E-state index in [2.05, 4.69) is 38.2 Å². The van der Waals surface area contributed by atoms with E-state index in [1.54, 1.807) is 23.1 Å². The first-order valence-corrected chi connectivity index (χ1v) is 10.2. The summed E-state index contributed by atoms with van der Waals surface area (Å²) >= 11 is 3.44. The molecule has 3 rings (SSSR count). The summed E-state index contributed by atoms with van der Waals surface area (Å²) in [5.41, 5.74) is 1.22. The number of aliphatic hydroxyl groups is 1. The van der Waals surface area contributed by atoms with Crippen molar-refractivity contribution >= 4 is 39.1 Å². The first-order valence-electron chi connectivity index (χ1n) is 8.44. The number of aryl methyl sites for hydroxylation is 2. The largest absolute Gasteiger partial charge is 0.394 e. The Labute approximate surface area is 156 Å². The SMILES string of the molecule is CC[C@H](CO)Nc1nc(CSc2ccccc2)nc2sc(C)c(C)c12. The number of nitrogens with zero attached hydrogens (tertiary/aromatic N) is 2. The van der Waals surface area contributed by atoms with Gasteiger partial charge in [0.05, 0.1) is 23.8 Å². The summed E-state index contributed by atoms with van der Waals surface area (Å²) in [6, 6.07) is 10.3. The molecule has 0 radical (unpaired) electrons. The third-order valence-corrected chi connectivity index (χ3v) is 6.35. The third kappa shape index (κ3) is 4.14. The minimum absolute atomic E-state index is 0.00679. The van der Waals surface area contributed by atoms with Gasteiger partial charge in [-0.05, 0) is 38.0 Å². The van der Waals surface area contributed by atoms with Crippen LogP contribution in [0.25, 0.3) is 10.2 Å². The summed E-state index contributed by atoms with van der Waals surface area (Å²) in [6.07, 6.45) is 0.845. The lowest BCUT2D eigenvalue weighted by Crippen LogP contribution is -2.23. The quantitative estimate of drug-likeness (QED) is 0.584. The first kappa shape index (κ1) is 18.2. The molecule has 0 amide bonds. The number of aromatic nitrogens is 2. The number of hydrogen-bond acceptors (Lipinski definition) is 6. The lowest BCUT2D eigenvalue weighted by molar-refractivity contribution is 0.271. The van der Waals surface area contributed by atoms with Gasteiger partial charge in [-0.25, -0.2) is 9.97 Å². The summed E-state index contributed by atoms with van der Waals surface area (Å²) in [5, 5.41) is 14.0. The maximum atomic E-state index is 9.55. The Morgan fingerprint density at radius 2 is 1.96 bits per heavy atom. The van der Waals surface area contributed by atoms with Crippen LogP contribution in [0.1, 0.15) is 29.6 Å². The molecular weight excluding hydrogens is 350 g/mol. The predicted octanol–water partition coefficient (Wildman–Crippen LogP) is 4.78. The Balaban J connectivity index is 1.93. The highest BCUT2D eigenvalue weighted by Crippen LogP contribution is 2.34. The number of fused-ring (bicyclic) bond motifs is 1. The molecule has 0 aliphatic rings. The molecule has 6 heteroatoms. The Morgan fingerprint density at radius 1 is 1.20 bits per heavy atom. The number of thioether (sulfide) groups is 1. The standard InChI is InChI=1S/C19H23N3OS2/c1-4-14(10-23)20-18-17-12(2)13(3)25-19(17)22-16(21-18)11-24-15-8-6-5-7-9-15/h5-9,14,23H,4,10-11H2,1-3H3,(H,20,21,22)/t14-/m1/s1. The van der Waals surface area contributed by atoms with Gasteiger partial charge in [0, 0.05) is 9.77 Å². The van der Waals surface area contributed by atoms with Crippen LogP contribution in [0.4, 0.5) is 5.82 Å². The highest BCUT2D eigenvalue weighted by Gasteiger charge is 2.16. The second kappa shape index (κ2) is 8.17. The summed E-state index contributed by atoms with van der Waals surface area (Å²) in [5.74, 6) is 2.38. The highest BCUT2D eigenvalue weighted by atomic mass is 32.2. The topological polar surface area (TPSA) is 58.0 Å². The second-order valence-electron chi connectivity index (χ2n) is 5.99. The molecular formula is C19H23N3OS2. The van der Waals surface area contributed by atoms with Crippen LogP contribution in [-0.4, -0.2) is 27.7 Å². The third-order valence-electron chi connectivity index (χ3n) is 4.24. The zero-order valence-electron chi connectivity index (χ0n) is 14.7. The number of nitrogens with one attached hydrogen (secondary N) is 1. The molecule has 0 bridgehead atoms. The van der Waals surface area contributed by atoms with Crippen LogP contribution in [0.15, 0.2) is 35.2 Å². The Morgan fingerprint density at radius 3 is 2.64 bits per heavy atom. The van der Waals surface area contributed by atoms with Gasteiger partial charge in [-0.1, -0.05) is 25.1 Å². The van der Waals surface area contributed by atoms with Crippen LogP contribution >= 0.6 is 23.1 Å². The Hall–Kier alpha value is -1.63. The first-order chi connectivity index (χ1) is 12.1. The summed E-state index contributed by atoms with van der Waals surface area (Å²) in [4.78, 5) is 13.0. The van der Waals surface area contributed by atoms with E-state index in [1.165, 1.54) is 15.3 Å². The molecule has 132 valence electrons. The van der Waals surface area contributed by atoms with E-state index >= 15 is 0 Å². The fraction of sp³-hybridized carbons (Fsp3) is 0.368. The van der Waals surface area contributed by atoms with Gasteiger partial charge in [-0.3, -0.25) is 0 Å². The van der Waals surface area contributed by atoms with Crippen molar-refractivity contribution in [1.82, 2.24) is 9.97 Å². The maximum Gasteiger partial charge on any atom is 0.142 e. The van der Waals surface area contributed by atoms with Gasteiger partial charge < -0.3 is 10.4 Å². The van der Waals surface area contributed by atoms with Crippen LogP contribution < -0.4 is 5.32 Å². The van der Waals surface area contributed by atoms with Crippen molar-refractivity contribution in [3.8, 4) is 0 Å². The number of hydrogen-bond donors (Lipinski definition) is 2. The molecule has 1 atom stereocenters. The highest BCUT2D eigenvalue weighted by molar-refractivity contribution is 7.98. The molecule has 0 aliphatic heterocycles. The van der Waals surface area contributed by atoms with E-state index in [0.29, 0.717) is 0 Å². The lowest BCUT2D eigenvalue weighted by Gasteiger charge is -2.16. The Kier molecular flexibility index (Phi) is 5.93. The van der Waals surface area contributed by atoms with Gasteiger partial charge in [0.15, 0.2) is 0 Å². The van der Waals surface area contributed by atoms with E-state index in [0.717, 1.165) is 34.0 Å². The average molecular weight is 374 g/mol. The predicted molar refractivity (Wildman–Crippen MR) is 108 cm³/mol. The van der Waals surface area contributed by atoms with Crippen LogP contribution in [-0.2, 0) is 5.75 Å². The molecule has 0 aliphatic carbocycles. The zero-order chi connectivity index (χ0) is 17.8. The van der Waals surface area contributed by atoms with E-state index in [9.17, 15) is 5.11 Å².